The van der Waals surface area contributed by atoms with E-state index in [2.05, 4.69) is 12.2 Å². The molecule has 2 aromatic rings. The molecule has 0 saturated carbocycles. The molecule has 168 valence electrons. The maximum atomic E-state index is 14.5. The number of anilines is 2. The molecular weight excluding hydrogens is 418 g/mol. The van der Waals surface area contributed by atoms with Gasteiger partial charge in [0.2, 0.25) is 6.41 Å². The van der Waals surface area contributed by atoms with Crippen molar-refractivity contribution in [3.8, 4) is 5.75 Å². The van der Waals surface area contributed by atoms with Crippen LogP contribution in [0.3, 0.4) is 0 Å². The van der Waals surface area contributed by atoms with Crippen molar-refractivity contribution in [3.05, 3.63) is 53.1 Å². The third-order valence-corrected chi connectivity index (χ3v) is 6.59. The van der Waals surface area contributed by atoms with Crippen LogP contribution in [-0.4, -0.2) is 31.9 Å². The SMILES string of the molecule is CCSCc1c(NC=O)cccc1OCC1CCN(c2c(F)cc(CC)cc2F)CC1. The molecule has 31 heavy (non-hydrogen) atoms. The van der Waals surface area contributed by atoms with Crippen LogP contribution in [0.2, 0.25) is 0 Å². The van der Waals surface area contributed by atoms with Gasteiger partial charge in [-0.3, -0.25) is 4.79 Å². The lowest BCUT2D eigenvalue weighted by molar-refractivity contribution is -0.105. The second-order valence-corrected chi connectivity index (χ2v) is 8.96. The van der Waals surface area contributed by atoms with Gasteiger partial charge in [-0.2, -0.15) is 11.8 Å². The molecule has 7 heteroatoms. The Morgan fingerprint density at radius 2 is 1.90 bits per heavy atom. The number of benzene rings is 2. The lowest BCUT2D eigenvalue weighted by Crippen LogP contribution is -2.36. The molecule has 0 bridgehead atoms. The maximum absolute atomic E-state index is 14.5. The number of ether oxygens (including phenoxy) is 1. The van der Waals surface area contributed by atoms with E-state index in [1.54, 1.807) is 16.7 Å². The van der Waals surface area contributed by atoms with Gasteiger partial charge in [0.15, 0.2) is 0 Å². The van der Waals surface area contributed by atoms with Crippen molar-refractivity contribution in [2.75, 3.05) is 35.7 Å². The molecule has 1 N–H and O–H groups in total. The van der Waals surface area contributed by atoms with Crippen LogP contribution in [-0.2, 0) is 17.0 Å². The minimum Gasteiger partial charge on any atom is -0.493 e. The van der Waals surface area contributed by atoms with E-state index in [1.807, 2.05) is 25.1 Å². The molecule has 2 aromatic carbocycles. The highest BCUT2D eigenvalue weighted by Gasteiger charge is 2.25. The Balaban J connectivity index is 1.61. The third-order valence-electron chi connectivity index (χ3n) is 5.69. The zero-order chi connectivity index (χ0) is 22.2. The molecule has 1 saturated heterocycles. The van der Waals surface area contributed by atoms with Crippen LogP contribution in [0.4, 0.5) is 20.2 Å². The number of nitrogens with one attached hydrogen (secondary N) is 1. The second kappa shape index (κ2) is 11.4. The number of hydrogen-bond donors (Lipinski definition) is 1. The zero-order valence-electron chi connectivity index (χ0n) is 18.1. The molecule has 1 heterocycles. The molecule has 0 atom stereocenters. The first-order chi connectivity index (χ1) is 15.1. The minimum absolute atomic E-state index is 0.0862. The summed E-state index contributed by atoms with van der Waals surface area (Å²) >= 11 is 1.77. The van der Waals surface area contributed by atoms with E-state index in [1.165, 1.54) is 12.1 Å². The van der Waals surface area contributed by atoms with Crippen molar-refractivity contribution >= 4 is 29.5 Å². The van der Waals surface area contributed by atoms with E-state index in [4.69, 9.17) is 4.74 Å². The first kappa shape index (κ1) is 23.4. The summed E-state index contributed by atoms with van der Waals surface area (Å²) in [6.07, 6.45) is 2.90. The first-order valence-electron chi connectivity index (χ1n) is 10.8. The van der Waals surface area contributed by atoms with Gasteiger partial charge in [-0.05, 0) is 60.8 Å². The number of carbonyl (C=O) groups is 1. The Bertz CT molecular complexity index is 863. The van der Waals surface area contributed by atoms with Crippen molar-refractivity contribution in [1.29, 1.82) is 0 Å². The van der Waals surface area contributed by atoms with Crippen molar-refractivity contribution in [1.82, 2.24) is 0 Å². The molecule has 1 amide bonds. The van der Waals surface area contributed by atoms with Gasteiger partial charge in [0.25, 0.3) is 0 Å². The molecule has 0 spiro atoms. The Morgan fingerprint density at radius 3 is 2.52 bits per heavy atom. The van der Waals surface area contributed by atoms with Gasteiger partial charge in [-0.15, -0.1) is 0 Å². The van der Waals surface area contributed by atoms with Gasteiger partial charge < -0.3 is 15.0 Å². The monoisotopic (exact) mass is 448 g/mol. The number of thioether (sulfide) groups is 1. The molecular formula is C24H30F2N2O2S. The lowest BCUT2D eigenvalue weighted by atomic mass is 9.97. The highest BCUT2D eigenvalue weighted by Crippen LogP contribution is 2.33. The number of aryl methyl sites for hydroxylation is 1. The molecule has 0 radical (unpaired) electrons. The van der Waals surface area contributed by atoms with Crippen LogP contribution in [0.1, 0.15) is 37.8 Å². The third kappa shape index (κ3) is 5.91. The largest absolute Gasteiger partial charge is 0.493 e. The van der Waals surface area contributed by atoms with E-state index < -0.39 is 11.6 Å². The normalized spacial score (nSPS) is 14.5. The molecule has 3 rings (SSSR count). The zero-order valence-corrected chi connectivity index (χ0v) is 18.9. The summed E-state index contributed by atoms with van der Waals surface area (Å²) in [5, 5.41) is 2.75. The number of rotatable bonds is 10. The molecule has 1 aliphatic heterocycles. The van der Waals surface area contributed by atoms with E-state index >= 15 is 0 Å². The molecule has 4 nitrogen and oxygen atoms in total. The van der Waals surface area contributed by atoms with Crippen LogP contribution in [0.5, 0.6) is 5.75 Å². The lowest BCUT2D eigenvalue weighted by Gasteiger charge is -2.34. The Hall–Kier alpha value is -2.28. The van der Waals surface area contributed by atoms with Crippen LogP contribution in [0, 0.1) is 17.6 Å². The van der Waals surface area contributed by atoms with Crippen LogP contribution in [0.15, 0.2) is 30.3 Å². The average molecular weight is 449 g/mol. The Kier molecular flexibility index (Phi) is 8.58. The van der Waals surface area contributed by atoms with Crippen molar-refractivity contribution in [2.24, 2.45) is 5.92 Å². The fourth-order valence-corrected chi connectivity index (χ4v) is 4.61. The van der Waals surface area contributed by atoms with Gasteiger partial charge in [0, 0.05) is 30.1 Å². The Morgan fingerprint density at radius 1 is 1.19 bits per heavy atom. The van der Waals surface area contributed by atoms with Crippen LogP contribution < -0.4 is 15.0 Å². The smallest absolute Gasteiger partial charge is 0.211 e. The van der Waals surface area contributed by atoms with Gasteiger partial charge in [-0.25, -0.2) is 8.78 Å². The number of carbonyl (C=O) groups excluding carboxylic acids is 1. The quantitative estimate of drug-likeness (QED) is 0.478. The summed E-state index contributed by atoms with van der Waals surface area (Å²) in [6.45, 7) is 5.71. The number of piperidine rings is 1. The first-order valence-corrected chi connectivity index (χ1v) is 12.0. The Labute approximate surface area is 187 Å². The highest BCUT2D eigenvalue weighted by atomic mass is 32.2. The summed E-state index contributed by atoms with van der Waals surface area (Å²) in [5.74, 6) is 1.86. The van der Waals surface area contributed by atoms with Crippen molar-refractivity contribution in [2.45, 2.75) is 38.9 Å². The van der Waals surface area contributed by atoms with Crippen LogP contribution >= 0.6 is 11.8 Å². The van der Waals surface area contributed by atoms with Crippen molar-refractivity contribution < 1.29 is 18.3 Å². The fraction of sp³-hybridized carbons (Fsp3) is 0.458. The van der Waals surface area contributed by atoms with Crippen molar-refractivity contribution in [3.63, 3.8) is 0 Å². The highest BCUT2D eigenvalue weighted by molar-refractivity contribution is 7.98. The number of hydrogen-bond acceptors (Lipinski definition) is 4. The van der Waals surface area contributed by atoms with E-state index in [9.17, 15) is 13.6 Å². The van der Waals surface area contributed by atoms with E-state index in [0.717, 1.165) is 41.3 Å². The molecule has 0 aromatic heterocycles. The van der Waals surface area contributed by atoms with E-state index in [-0.39, 0.29) is 5.69 Å². The molecule has 0 aliphatic carbocycles. The van der Waals surface area contributed by atoms with Gasteiger partial charge in [0.1, 0.15) is 23.1 Å². The summed E-state index contributed by atoms with van der Waals surface area (Å²) < 4.78 is 35.1. The number of nitrogens with zero attached hydrogens (tertiary/aromatic N) is 1. The predicted molar refractivity (Wildman–Crippen MR) is 124 cm³/mol. The van der Waals surface area contributed by atoms with Gasteiger partial charge >= 0.3 is 0 Å². The van der Waals surface area contributed by atoms with E-state index in [0.29, 0.717) is 44.0 Å². The van der Waals surface area contributed by atoms with Crippen LogP contribution in [0.25, 0.3) is 0 Å². The molecule has 0 unspecified atom stereocenters. The second-order valence-electron chi connectivity index (χ2n) is 7.68. The summed E-state index contributed by atoms with van der Waals surface area (Å²) in [5.41, 5.74) is 2.51. The van der Waals surface area contributed by atoms with Gasteiger partial charge in [0.05, 0.1) is 6.61 Å². The standard InChI is InChI=1S/C24H30F2N2O2S/c1-3-17-12-20(25)24(21(26)13-17)28-10-8-18(9-11-28)14-30-23-7-5-6-22(27-16-29)19(23)15-31-4-2/h5-7,12-13,16,18H,3-4,8-11,14-15H2,1-2H3,(H,27,29). The predicted octanol–water partition coefficient (Wildman–Crippen LogP) is 5.64. The fourth-order valence-electron chi connectivity index (χ4n) is 3.91. The summed E-state index contributed by atoms with van der Waals surface area (Å²) in [6, 6.07) is 8.54. The number of halogens is 2. The number of amides is 1. The summed E-state index contributed by atoms with van der Waals surface area (Å²) in [7, 11) is 0. The maximum Gasteiger partial charge on any atom is 0.211 e. The summed E-state index contributed by atoms with van der Waals surface area (Å²) in [4.78, 5) is 12.7. The molecule has 1 fully saturated rings. The minimum atomic E-state index is -0.482. The molecule has 1 aliphatic rings. The average Bonchev–Trinajstić information content (AvgIpc) is 2.77. The topological polar surface area (TPSA) is 41.6 Å². The van der Waals surface area contributed by atoms with Gasteiger partial charge in [-0.1, -0.05) is 19.9 Å².